The highest BCUT2D eigenvalue weighted by Gasteiger charge is 2.56. The molecule has 2 aromatic rings. The van der Waals surface area contributed by atoms with Crippen molar-refractivity contribution in [2.24, 2.45) is 28.6 Å². The lowest BCUT2D eigenvalue weighted by Gasteiger charge is -2.58. The van der Waals surface area contributed by atoms with Gasteiger partial charge in [0.25, 0.3) is 0 Å². The summed E-state index contributed by atoms with van der Waals surface area (Å²) < 4.78 is 5.71. The van der Waals surface area contributed by atoms with Crippen LogP contribution in [-0.2, 0) is 25.7 Å². The van der Waals surface area contributed by atoms with Gasteiger partial charge in [0.05, 0.1) is 12.6 Å². The van der Waals surface area contributed by atoms with Crippen LogP contribution in [-0.4, -0.2) is 59.6 Å². The van der Waals surface area contributed by atoms with E-state index in [9.17, 15) is 14.4 Å². The van der Waals surface area contributed by atoms with Gasteiger partial charge in [-0.3, -0.25) is 19.4 Å². The first-order valence-corrected chi connectivity index (χ1v) is 16.2. The molecular weight excluding hydrogens is 566 g/mol. The summed E-state index contributed by atoms with van der Waals surface area (Å²) >= 11 is 0. The maximum atomic E-state index is 11.7. The Balaban J connectivity index is 0.000000195. The molecule has 1 aromatic heterocycles. The Bertz CT molecular complexity index is 1410. The summed E-state index contributed by atoms with van der Waals surface area (Å²) in [5, 5.41) is 11.0. The molecule has 2 N–H and O–H groups in total. The van der Waals surface area contributed by atoms with Gasteiger partial charge in [0.15, 0.2) is 0 Å². The minimum atomic E-state index is -1.09. The Morgan fingerprint density at radius 3 is 2.51 bits per heavy atom. The van der Waals surface area contributed by atoms with E-state index in [0.717, 1.165) is 29.7 Å². The molecule has 2 saturated carbocycles. The fourth-order valence-corrected chi connectivity index (χ4v) is 8.81. The number of nitrogens with zero attached hydrogens (tertiary/aromatic N) is 2. The zero-order chi connectivity index (χ0) is 32.0. The van der Waals surface area contributed by atoms with E-state index in [-0.39, 0.29) is 13.1 Å². The predicted octanol–water partition coefficient (Wildman–Crippen LogP) is 5.90. The first kappa shape index (κ1) is 32.6. The zero-order valence-corrected chi connectivity index (χ0v) is 26.8. The number of hydrogen-bond donors (Lipinski definition) is 2. The van der Waals surface area contributed by atoms with E-state index >= 15 is 0 Å². The van der Waals surface area contributed by atoms with Gasteiger partial charge in [-0.2, -0.15) is 0 Å². The average Bonchev–Trinajstić information content (AvgIpc) is 3.41. The monoisotopic (exact) mass is 613 g/mol. The molecule has 6 rings (SSSR count). The number of aromatic nitrogens is 1. The number of nitrogens with one attached hydrogen (secondary N) is 1. The van der Waals surface area contributed by atoms with Crippen molar-refractivity contribution in [2.45, 2.75) is 71.4 Å². The maximum absolute atomic E-state index is 11.7. The Morgan fingerprint density at radius 1 is 1.04 bits per heavy atom. The number of carbonyl (C=O) groups excluding carboxylic acids is 2. The van der Waals surface area contributed by atoms with Crippen LogP contribution in [0.5, 0.6) is 0 Å². The van der Waals surface area contributed by atoms with E-state index in [2.05, 4.69) is 54.6 Å². The van der Waals surface area contributed by atoms with Crippen LogP contribution < -0.4 is 5.32 Å². The van der Waals surface area contributed by atoms with Crippen molar-refractivity contribution in [1.29, 1.82) is 0 Å². The van der Waals surface area contributed by atoms with Gasteiger partial charge in [0, 0.05) is 26.0 Å². The molecule has 0 spiro atoms. The lowest BCUT2D eigenvalue weighted by molar-refractivity contribution is -0.144. The third-order valence-corrected chi connectivity index (χ3v) is 11.2. The lowest BCUT2D eigenvalue weighted by atomic mass is 9.47. The maximum Gasteiger partial charge on any atom is 0.323 e. The van der Waals surface area contributed by atoms with Crippen molar-refractivity contribution in [2.75, 3.05) is 20.2 Å². The largest absolute Gasteiger partial charge is 0.480 e. The predicted molar refractivity (Wildman–Crippen MR) is 174 cm³/mol. The zero-order valence-electron chi connectivity index (χ0n) is 26.8. The molecule has 0 radical (unpaired) electrons. The number of aliphatic carboxylic acids is 1. The molecule has 0 saturated heterocycles. The minimum absolute atomic E-state index is 0.201. The number of pyridine rings is 1. The molecule has 45 heavy (non-hydrogen) atoms. The summed E-state index contributed by atoms with van der Waals surface area (Å²) in [6.45, 7) is 4.72. The second kappa shape index (κ2) is 14.1. The summed E-state index contributed by atoms with van der Waals surface area (Å²) in [5.74, 6) is 0.956. The Morgan fingerprint density at radius 2 is 1.82 bits per heavy atom. The summed E-state index contributed by atoms with van der Waals surface area (Å²) in [5.41, 5.74) is 6.20. The number of methoxy groups -OCH3 is 1. The second-order valence-electron chi connectivity index (χ2n) is 13.5. The highest BCUT2D eigenvalue weighted by Crippen LogP contribution is 2.66. The van der Waals surface area contributed by atoms with Crippen molar-refractivity contribution < 1.29 is 24.2 Å². The van der Waals surface area contributed by atoms with Crippen molar-refractivity contribution in [1.82, 2.24) is 15.2 Å². The molecule has 2 fully saturated rings. The average molecular weight is 614 g/mol. The number of benzene rings is 1. The molecule has 2 amide bonds. The van der Waals surface area contributed by atoms with Crippen LogP contribution in [0.4, 0.5) is 0 Å². The number of rotatable bonds is 9. The van der Waals surface area contributed by atoms with E-state index in [1.807, 2.05) is 31.5 Å². The highest BCUT2D eigenvalue weighted by atomic mass is 16.5. The van der Waals surface area contributed by atoms with Crippen molar-refractivity contribution in [3.8, 4) is 0 Å². The van der Waals surface area contributed by atoms with Gasteiger partial charge in [0.1, 0.15) is 6.54 Å². The number of amides is 2. The number of hydrogen-bond acceptors (Lipinski definition) is 5. The number of carboxylic acid groups (broad SMARTS) is 1. The van der Waals surface area contributed by atoms with E-state index < -0.39 is 18.4 Å². The molecular formula is C37H47N3O5. The third-order valence-electron chi connectivity index (χ3n) is 11.2. The van der Waals surface area contributed by atoms with Crippen LogP contribution in [0.15, 0.2) is 72.6 Å². The minimum Gasteiger partial charge on any atom is -0.480 e. The van der Waals surface area contributed by atoms with Gasteiger partial charge in [-0.15, -0.1) is 0 Å². The number of ether oxygens (including phenoxy) is 1. The summed E-state index contributed by atoms with van der Waals surface area (Å²) in [6, 6.07) is 13.4. The van der Waals surface area contributed by atoms with Crippen LogP contribution in [0.3, 0.4) is 0 Å². The van der Waals surface area contributed by atoms with Crippen LogP contribution in [0.2, 0.25) is 0 Å². The fourth-order valence-electron chi connectivity index (χ4n) is 8.81. The van der Waals surface area contributed by atoms with Crippen LogP contribution >= 0.6 is 0 Å². The van der Waals surface area contributed by atoms with Gasteiger partial charge in [-0.25, -0.2) is 0 Å². The molecule has 4 aliphatic carbocycles. The summed E-state index contributed by atoms with van der Waals surface area (Å²) in [7, 11) is 1.88. The van der Waals surface area contributed by atoms with E-state index in [1.54, 1.807) is 23.3 Å². The Kier molecular flexibility index (Phi) is 10.2. The van der Waals surface area contributed by atoms with Gasteiger partial charge in [-0.1, -0.05) is 68.0 Å². The molecule has 240 valence electrons. The molecule has 1 aromatic carbocycles. The van der Waals surface area contributed by atoms with Crippen LogP contribution in [0.25, 0.3) is 5.57 Å². The summed E-state index contributed by atoms with van der Waals surface area (Å²) in [6.07, 6.45) is 18.9. The molecule has 0 bridgehead atoms. The number of carbonyl (C=O) groups is 3. The Hall–Kier alpha value is -3.78. The Labute approximate surface area is 267 Å². The molecule has 1 heterocycles. The van der Waals surface area contributed by atoms with Gasteiger partial charge >= 0.3 is 5.97 Å². The standard InChI is InChI=1S/C25H33NO.C12H14N2O4/c1-24-12-10-19(27-3)15-18(24)6-7-20-22-9-8-21(17-5-4-14-26-16-17)25(22,2)13-11-23(20)24;15-9-13-6-11(16)14(8-12(17)18)7-10-4-2-1-3-5-10/h4-6,8,14,16,19-20,22-23H,7,9-13,15H2,1-3H3;1-5,9H,6-8H2,(H,13,15)(H,17,18). The first-order chi connectivity index (χ1) is 21.7. The summed E-state index contributed by atoms with van der Waals surface area (Å²) in [4.78, 5) is 38.1. The molecule has 6 atom stereocenters. The van der Waals surface area contributed by atoms with E-state index in [0.29, 0.717) is 23.3 Å². The SMILES string of the molecule is COC1CCC2(C)C(=CCC3C2CCC2(C)C(c4cccnc4)=CCC32)C1.O=CNCC(=O)N(CC(=O)O)Cc1ccccc1. The molecule has 4 aliphatic rings. The van der Waals surface area contributed by atoms with Crippen molar-refractivity contribution in [3.05, 3.63) is 83.7 Å². The molecule has 8 heteroatoms. The second-order valence-corrected chi connectivity index (χ2v) is 13.5. The normalized spacial score (nSPS) is 29.8. The third kappa shape index (κ3) is 6.91. The van der Waals surface area contributed by atoms with Crippen LogP contribution in [0, 0.1) is 28.6 Å². The molecule has 0 aliphatic heterocycles. The fraction of sp³-hybridized carbons (Fsp3) is 0.514. The van der Waals surface area contributed by atoms with E-state index in [1.165, 1.54) is 49.0 Å². The number of fused-ring (bicyclic) bond motifs is 5. The van der Waals surface area contributed by atoms with Gasteiger partial charge < -0.3 is 20.1 Å². The van der Waals surface area contributed by atoms with E-state index in [4.69, 9.17) is 9.84 Å². The quantitative estimate of drug-likeness (QED) is 0.269. The highest BCUT2D eigenvalue weighted by molar-refractivity contribution is 5.83. The lowest BCUT2D eigenvalue weighted by Crippen LogP contribution is -2.49. The first-order valence-electron chi connectivity index (χ1n) is 16.2. The number of allylic oxidation sites excluding steroid dienone is 3. The molecule has 8 nitrogen and oxygen atoms in total. The number of carboxylic acids is 1. The van der Waals surface area contributed by atoms with Crippen molar-refractivity contribution >= 4 is 23.9 Å². The van der Waals surface area contributed by atoms with Gasteiger partial charge in [-0.05, 0) is 96.3 Å². The van der Waals surface area contributed by atoms with Gasteiger partial charge in [0.2, 0.25) is 12.3 Å². The topological polar surface area (TPSA) is 109 Å². The van der Waals surface area contributed by atoms with Crippen LogP contribution in [0.1, 0.15) is 69.9 Å². The smallest absolute Gasteiger partial charge is 0.323 e. The van der Waals surface area contributed by atoms with Crippen molar-refractivity contribution in [3.63, 3.8) is 0 Å². The molecule has 6 unspecified atom stereocenters.